The number of nitrogens with two attached hydrogens (primary N) is 1. The van der Waals surface area contributed by atoms with Crippen molar-refractivity contribution >= 4 is 0 Å². The van der Waals surface area contributed by atoms with Gasteiger partial charge in [0, 0.05) is 13.7 Å². The molecule has 1 fully saturated rings. The van der Waals surface area contributed by atoms with E-state index in [0.717, 1.165) is 12.8 Å². The largest absolute Gasteiger partial charge is 0.384 e. The van der Waals surface area contributed by atoms with Gasteiger partial charge in [-0.3, -0.25) is 0 Å². The molecule has 1 aliphatic rings. The molecule has 6 nitrogen and oxygen atoms in total. The van der Waals surface area contributed by atoms with Gasteiger partial charge in [0.2, 0.25) is 11.7 Å². The van der Waals surface area contributed by atoms with Gasteiger partial charge in [0.05, 0.1) is 18.1 Å². The first kappa shape index (κ1) is 13.5. The highest BCUT2D eigenvalue weighted by Gasteiger charge is 2.33. The van der Waals surface area contributed by atoms with Gasteiger partial charge in [-0.15, -0.1) is 0 Å². The molecule has 6 heteroatoms. The predicted octanol–water partition coefficient (Wildman–Crippen LogP) is 1.17. The molecule has 1 saturated heterocycles. The molecule has 0 bridgehead atoms. The minimum atomic E-state index is -0.286. The van der Waals surface area contributed by atoms with E-state index in [0.29, 0.717) is 24.9 Å². The molecule has 2 rings (SSSR count). The van der Waals surface area contributed by atoms with Gasteiger partial charge in [-0.2, -0.15) is 4.98 Å². The summed E-state index contributed by atoms with van der Waals surface area (Å²) in [4.78, 5) is 4.43. The number of hydrogen-bond donors (Lipinski definition) is 1. The molecule has 0 spiro atoms. The first-order chi connectivity index (χ1) is 8.56. The van der Waals surface area contributed by atoms with Gasteiger partial charge in [-0.25, -0.2) is 0 Å². The van der Waals surface area contributed by atoms with Crippen molar-refractivity contribution in [3.63, 3.8) is 0 Å². The van der Waals surface area contributed by atoms with Crippen LogP contribution in [0.2, 0.25) is 0 Å². The fourth-order valence-corrected chi connectivity index (χ4v) is 2.13. The highest BCUT2D eigenvalue weighted by atomic mass is 16.5. The Balaban J connectivity index is 2.07. The monoisotopic (exact) mass is 255 g/mol. The first-order valence-electron chi connectivity index (χ1n) is 6.25. The molecule has 1 aromatic rings. The fourth-order valence-electron chi connectivity index (χ4n) is 2.13. The van der Waals surface area contributed by atoms with E-state index in [1.807, 2.05) is 13.8 Å². The molecule has 0 saturated carbocycles. The molecule has 0 aromatic carbocycles. The van der Waals surface area contributed by atoms with Crippen molar-refractivity contribution < 1.29 is 14.0 Å². The van der Waals surface area contributed by atoms with Gasteiger partial charge < -0.3 is 19.7 Å². The van der Waals surface area contributed by atoms with E-state index in [1.54, 1.807) is 7.11 Å². The summed E-state index contributed by atoms with van der Waals surface area (Å²) in [5, 5.41) is 4.01. The Morgan fingerprint density at radius 1 is 1.44 bits per heavy atom. The van der Waals surface area contributed by atoms with Crippen molar-refractivity contribution in [1.82, 2.24) is 10.1 Å². The first-order valence-corrected chi connectivity index (χ1v) is 6.25. The summed E-state index contributed by atoms with van der Waals surface area (Å²) in [6, 6.07) is 0. The fraction of sp³-hybridized carbons (Fsp3) is 0.833. The highest BCUT2D eigenvalue weighted by Crippen LogP contribution is 2.32. The zero-order chi connectivity index (χ0) is 13.2. The van der Waals surface area contributed by atoms with Crippen molar-refractivity contribution in [2.75, 3.05) is 20.3 Å². The zero-order valence-electron chi connectivity index (χ0n) is 11.2. The van der Waals surface area contributed by atoms with Gasteiger partial charge in [-0.05, 0) is 26.7 Å². The van der Waals surface area contributed by atoms with Gasteiger partial charge in [0.15, 0.2) is 0 Å². The third-order valence-electron chi connectivity index (χ3n) is 3.18. The molecule has 0 aliphatic carbocycles. The lowest BCUT2D eigenvalue weighted by atomic mass is 9.95. The van der Waals surface area contributed by atoms with Crippen molar-refractivity contribution in [3.05, 3.63) is 11.7 Å². The molecule has 18 heavy (non-hydrogen) atoms. The van der Waals surface area contributed by atoms with Crippen molar-refractivity contribution in [1.29, 1.82) is 0 Å². The van der Waals surface area contributed by atoms with Crippen LogP contribution in [-0.4, -0.2) is 36.5 Å². The molecule has 1 aliphatic heterocycles. The summed E-state index contributed by atoms with van der Waals surface area (Å²) in [6.45, 7) is 5.08. The molecule has 2 unspecified atom stereocenters. The molecular weight excluding hydrogens is 234 g/mol. The second kappa shape index (κ2) is 5.34. The lowest BCUT2D eigenvalue weighted by Gasteiger charge is -2.17. The Morgan fingerprint density at radius 2 is 2.22 bits per heavy atom. The maximum atomic E-state index is 5.74. The quantitative estimate of drug-likeness (QED) is 0.850. The molecule has 102 valence electrons. The van der Waals surface area contributed by atoms with Crippen LogP contribution in [0.1, 0.15) is 44.5 Å². The summed E-state index contributed by atoms with van der Waals surface area (Å²) in [5.41, 5.74) is 5.30. The molecule has 2 atom stereocenters. The number of aromatic nitrogens is 2. The van der Waals surface area contributed by atoms with Crippen LogP contribution < -0.4 is 5.73 Å². The smallest absolute Gasteiger partial charge is 0.234 e. The Bertz CT molecular complexity index is 392. The number of hydrogen-bond acceptors (Lipinski definition) is 6. The van der Waals surface area contributed by atoms with Gasteiger partial charge in [-0.1, -0.05) is 5.16 Å². The summed E-state index contributed by atoms with van der Waals surface area (Å²) in [7, 11) is 1.66. The Kier molecular flexibility index (Phi) is 3.99. The maximum Gasteiger partial charge on any atom is 0.234 e. The number of nitrogens with zero attached hydrogens (tertiary/aromatic N) is 2. The molecule has 2 N–H and O–H groups in total. The van der Waals surface area contributed by atoms with Gasteiger partial charge in [0.25, 0.3) is 0 Å². The third kappa shape index (κ3) is 2.71. The van der Waals surface area contributed by atoms with E-state index in [1.165, 1.54) is 0 Å². The lowest BCUT2D eigenvalue weighted by molar-refractivity contribution is 0.0435. The molecule has 2 heterocycles. The standard InChI is InChI=1S/C12H21N3O3/c1-12(2,7-16-3)11-14-10(15-18-11)9-5-4-8(6-13)17-9/h8-9H,4-7,13H2,1-3H3. The van der Waals surface area contributed by atoms with Crippen LogP contribution in [0.5, 0.6) is 0 Å². The molecule has 0 amide bonds. The highest BCUT2D eigenvalue weighted by molar-refractivity contribution is 5.03. The molecule has 0 radical (unpaired) electrons. The average molecular weight is 255 g/mol. The predicted molar refractivity (Wildman–Crippen MR) is 65.1 cm³/mol. The van der Waals surface area contributed by atoms with E-state index in [9.17, 15) is 0 Å². The van der Waals surface area contributed by atoms with Crippen molar-refractivity contribution in [2.45, 2.75) is 44.3 Å². The van der Waals surface area contributed by atoms with Gasteiger partial charge in [0.1, 0.15) is 6.10 Å². The van der Waals surface area contributed by atoms with Crippen molar-refractivity contribution in [2.24, 2.45) is 5.73 Å². The summed E-state index contributed by atoms with van der Waals surface area (Å²) in [6.07, 6.45) is 1.87. The second-order valence-corrected chi connectivity index (χ2v) is 5.33. The van der Waals surface area contributed by atoms with Crippen LogP contribution in [0.4, 0.5) is 0 Å². The van der Waals surface area contributed by atoms with E-state index < -0.39 is 0 Å². The lowest BCUT2D eigenvalue weighted by Crippen LogP contribution is -2.24. The second-order valence-electron chi connectivity index (χ2n) is 5.33. The Labute approximate surface area is 107 Å². The Hall–Kier alpha value is -0.980. The van der Waals surface area contributed by atoms with Crippen LogP contribution in [-0.2, 0) is 14.9 Å². The summed E-state index contributed by atoms with van der Waals surface area (Å²) >= 11 is 0. The van der Waals surface area contributed by atoms with E-state index >= 15 is 0 Å². The van der Waals surface area contributed by atoms with Gasteiger partial charge >= 0.3 is 0 Å². The summed E-state index contributed by atoms with van der Waals surface area (Å²) < 4.78 is 16.2. The maximum absolute atomic E-state index is 5.74. The minimum Gasteiger partial charge on any atom is -0.384 e. The number of rotatable bonds is 5. The van der Waals surface area contributed by atoms with Crippen LogP contribution in [0, 0.1) is 0 Å². The Morgan fingerprint density at radius 3 is 2.83 bits per heavy atom. The normalized spacial score (nSPS) is 24.7. The SMILES string of the molecule is COCC(C)(C)c1nc(C2CCC(CN)O2)no1. The van der Waals surface area contributed by atoms with Crippen LogP contribution >= 0.6 is 0 Å². The van der Waals surface area contributed by atoms with E-state index in [-0.39, 0.29) is 17.6 Å². The van der Waals surface area contributed by atoms with Crippen LogP contribution in [0.15, 0.2) is 4.52 Å². The number of methoxy groups -OCH3 is 1. The zero-order valence-corrected chi connectivity index (χ0v) is 11.2. The summed E-state index contributed by atoms with van der Waals surface area (Å²) in [5.74, 6) is 1.20. The van der Waals surface area contributed by atoms with E-state index in [4.69, 9.17) is 19.7 Å². The van der Waals surface area contributed by atoms with Crippen LogP contribution in [0.25, 0.3) is 0 Å². The molecule has 1 aromatic heterocycles. The minimum absolute atomic E-state index is 0.0885. The third-order valence-corrected chi connectivity index (χ3v) is 3.18. The van der Waals surface area contributed by atoms with Crippen LogP contribution in [0.3, 0.4) is 0 Å². The van der Waals surface area contributed by atoms with E-state index in [2.05, 4.69) is 10.1 Å². The number of ether oxygens (including phenoxy) is 2. The van der Waals surface area contributed by atoms with Crippen molar-refractivity contribution in [3.8, 4) is 0 Å². The average Bonchev–Trinajstić information content (AvgIpc) is 2.98. The topological polar surface area (TPSA) is 83.4 Å². The molecular formula is C12H21N3O3.